The Kier molecular flexibility index (Phi) is 3.78. The molecule has 18 heavy (non-hydrogen) atoms. The molecule has 0 aliphatic heterocycles. The van der Waals surface area contributed by atoms with Crippen molar-refractivity contribution in [2.24, 2.45) is 5.73 Å². The lowest BCUT2D eigenvalue weighted by molar-refractivity contribution is 0.412. The normalized spacial score (nSPS) is 10.4. The van der Waals surface area contributed by atoms with Crippen LogP contribution in [0.15, 0.2) is 33.5 Å². The van der Waals surface area contributed by atoms with Gasteiger partial charge in [-0.25, -0.2) is 5.10 Å². The largest absolute Gasteiger partial charge is 0.496 e. The molecule has 2 aromatic rings. The molecule has 2 rings (SSSR count). The van der Waals surface area contributed by atoms with Crippen LogP contribution < -0.4 is 16.0 Å². The summed E-state index contributed by atoms with van der Waals surface area (Å²) in [7, 11) is 1.60. The Balaban J connectivity index is 2.55. The van der Waals surface area contributed by atoms with Gasteiger partial charge in [0.15, 0.2) is 0 Å². The van der Waals surface area contributed by atoms with Crippen molar-refractivity contribution in [2.75, 3.05) is 7.11 Å². The van der Waals surface area contributed by atoms with E-state index in [0.29, 0.717) is 11.3 Å². The first-order valence-corrected chi connectivity index (χ1v) is 6.07. The number of hydrogen-bond donors (Lipinski definition) is 2. The quantitative estimate of drug-likeness (QED) is 0.903. The van der Waals surface area contributed by atoms with E-state index in [1.54, 1.807) is 7.11 Å². The number of methoxy groups -OCH3 is 1. The molecule has 0 aliphatic carbocycles. The Morgan fingerprint density at radius 3 is 2.83 bits per heavy atom. The number of H-pyrrole nitrogens is 1. The van der Waals surface area contributed by atoms with Gasteiger partial charge in [-0.1, -0.05) is 0 Å². The van der Waals surface area contributed by atoms with Crippen LogP contribution in [0, 0.1) is 0 Å². The average Bonchev–Trinajstić information content (AvgIpc) is 2.38. The van der Waals surface area contributed by atoms with Gasteiger partial charge in [-0.05, 0) is 39.7 Å². The minimum atomic E-state index is -0.258. The summed E-state index contributed by atoms with van der Waals surface area (Å²) in [4.78, 5) is 11.2. The van der Waals surface area contributed by atoms with Crippen molar-refractivity contribution in [1.29, 1.82) is 0 Å². The summed E-state index contributed by atoms with van der Waals surface area (Å²) >= 11 is 3.41. The van der Waals surface area contributed by atoms with Gasteiger partial charge in [-0.2, -0.15) is 5.10 Å². The van der Waals surface area contributed by atoms with E-state index < -0.39 is 0 Å². The summed E-state index contributed by atoms with van der Waals surface area (Å²) < 4.78 is 5.98. The molecule has 0 unspecified atom stereocenters. The smallest absolute Gasteiger partial charge is 0.264 e. The molecule has 0 bridgehead atoms. The minimum absolute atomic E-state index is 0.258. The van der Waals surface area contributed by atoms with E-state index in [-0.39, 0.29) is 12.1 Å². The van der Waals surface area contributed by atoms with Gasteiger partial charge in [0, 0.05) is 18.2 Å². The highest BCUT2D eigenvalue weighted by Crippen LogP contribution is 2.30. The molecule has 0 saturated heterocycles. The molecular formula is C12H12BrN3O2. The molecule has 0 atom stereocenters. The van der Waals surface area contributed by atoms with Crippen molar-refractivity contribution in [3.63, 3.8) is 0 Å². The molecule has 3 N–H and O–H groups in total. The van der Waals surface area contributed by atoms with Crippen molar-refractivity contribution < 1.29 is 4.74 Å². The summed E-state index contributed by atoms with van der Waals surface area (Å²) in [5.41, 5.74) is 7.60. The van der Waals surface area contributed by atoms with E-state index in [4.69, 9.17) is 10.5 Å². The van der Waals surface area contributed by atoms with E-state index in [1.807, 2.05) is 18.2 Å². The van der Waals surface area contributed by atoms with Gasteiger partial charge in [0.1, 0.15) is 5.75 Å². The number of benzene rings is 1. The Hall–Kier alpha value is -1.66. The van der Waals surface area contributed by atoms with Crippen molar-refractivity contribution in [1.82, 2.24) is 10.2 Å². The number of ether oxygens (including phenoxy) is 1. The van der Waals surface area contributed by atoms with Crippen molar-refractivity contribution >= 4 is 15.9 Å². The summed E-state index contributed by atoms with van der Waals surface area (Å²) in [6, 6.07) is 7.02. The molecular weight excluding hydrogens is 298 g/mol. The van der Waals surface area contributed by atoms with Crippen LogP contribution in [0.5, 0.6) is 5.75 Å². The van der Waals surface area contributed by atoms with E-state index in [0.717, 1.165) is 15.8 Å². The summed E-state index contributed by atoms with van der Waals surface area (Å²) in [5.74, 6) is 0.734. The van der Waals surface area contributed by atoms with Crippen LogP contribution in [0.4, 0.5) is 0 Å². The summed E-state index contributed by atoms with van der Waals surface area (Å²) in [6.45, 7) is 0.260. The van der Waals surface area contributed by atoms with Crippen molar-refractivity contribution in [3.8, 4) is 17.0 Å². The summed E-state index contributed by atoms with van der Waals surface area (Å²) in [5, 5.41) is 6.45. The van der Waals surface area contributed by atoms with Gasteiger partial charge in [0.25, 0.3) is 5.56 Å². The number of nitrogens with one attached hydrogen (secondary N) is 1. The second kappa shape index (κ2) is 5.32. The van der Waals surface area contributed by atoms with Crippen LogP contribution in [-0.2, 0) is 6.54 Å². The fraction of sp³-hybridized carbons (Fsp3) is 0.167. The van der Waals surface area contributed by atoms with E-state index in [2.05, 4.69) is 26.1 Å². The Labute approximate surface area is 112 Å². The average molecular weight is 310 g/mol. The van der Waals surface area contributed by atoms with Crippen LogP contribution >= 0.6 is 15.9 Å². The highest BCUT2D eigenvalue weighted by Gasteiger charge is 2.09. The molecule has 94 valence electrons. The SMILES string of the molecule is COc1ccc(-c2n[nH]c(=O)cc2CN)cc1Br. The maximum absolute atomic E-state index is 11.2. The molecule has 1 aromatic heterocycles. The molecule has 0 amide bonds. The molecule has 0 saturated carbocycles. The molecule has 0 spiro atoms. The lowest BCUT2D eigenvalue weighted by Crippen LogP contribution is -2.12. The fourth-order valence-corrected chi connectivity index (χ4v) is 2.20. The highest BCUT2D eigenvalue weighted by atomic mass is 79.9. The molecule has 1 aromatic carbocycles. The van der Waals surface area contributed by atoms with Gasteiger partial charge >= 0.3 is 0 Å². The standard InChI is InChI=1S/C12H12BrN3O2/c1-18-10-3-2-7(4-9(10)13)12-8(6-14)5-11(17)15-16-12/h2-5H,6,14H2,1H3,(H,15,17). The minimum Gasteiger partial charge on any atom is -0.496 e. The number of nitrogens with two attached hydrogens (primary N) is 1. The van der Waals surface area contributed by atoms with Crippen molar-refractivity contribution in [2.45, 2.75) is 6.54 Å². The second-order valence-corrected chi connectivity index (χ2v) is 4.51. The first kappa shape index (κ1) is 12.8. The Bertz CT molecular complexity index is 625. The van der Waals surface area contributed by atoms with Gasteiger partial charge in [-0.15, -0.1) is 0 Å². The van der Waals surface area contributed by atoms with Crippen LogP contribution in [0.25, 0.3) is 11.3 Å². The zero-order valence-electron chi connectivity index (χ0n) is 9.74. The van der Waals surface area contributed by atoms with Crippen molar-refractivity contribution in [3.05, 3.63) is 44.7 Å². The van der Waals surface area contributed by atoms with E-state index in [9.17, 15) is 4.79 Å². The second-order valence-electron chi connectivity index (χ2n) is 3.66. The Morgan fingerprint density at radius 1 is 1.44 bits per heavy atom. The van der Waals surface area contributed by atoms with Crippen LogP contribution in [0.2, 0.25) is 0 Å². The number of aromatic amines is 1. The lowest BCUT2D eigenvalue weighted by Gasteiger charge is -2.08. The number of nitrogens with zero attached hydrogens (tertiary/aromatic N) is 1. The van der Waals surface area contributed by atoms with E-state index in [1.165, 1.54) is 6.07 Å². The zero-order valence-corrected chi connectivity index (χ0v) is 11.3. The van der Waals surface area contributed by atoms with Gasteiger partial charge < -0.3 is 10.5 Å². The summed E-state index contributed by atoms with van der Waals surface area (Å²) in [6.07, 6.45) is 0. The van der Waals surface area contributed by atoms with Gasteiger partial charge in [0.2, 0.25) is 0 Å². The maximum atomic E-state index is 11.2. The first-order valence-electron chi connectivity index (χ1n) is 5.28. The van der Waals surface area contributed by atoms with Crippen LogP contribution in [-0.4, -0.2) is 17.3 Å². The van der Waals surface area contributed by atoms with Crippen LogP contribution in [0.3, 0.4) is 0 Å². The molecule has 5 nitrogen and oxygen atoms in total. The van der Waals surface area contributed by atoms with E-state index >= 15 is 0 Å². The highest BCUT2D eigenvalue weighted by molar-refractivity contribution is 9.10. The van der Waals surface area contributed by atoms with Gasteiger partial charge in [-0.3, -0.25) is 4.79 Å². The molecule has 0 aliphatic rings. The number of halogens is 1. The topological polar surface area (TPSA) is 81.0 Å². The molecule has 0 fully saturated rings. The predicted molar refractivity (Wildman–Crippen MR) is 72.4 cm³/mol. The van der Waals surface area contributed by atoms with Gasteiger partial charge in [0.05, 0.1) is 17.3 Å². The third-order valence-electron chi connectivity index (χ3n) is 2.53. The lowest BCUT2D eigenvalue weighted by atomic mass is 10.1. The Morgan fingerprint density at radius 2 is 2.22 bits per heavy atom. The zero-order chi connectivity index (χ0) is 13.1. The molecule has 0 radical (unpaired) electrons. The third-order valence-corrected chi connectivity index (χ3v) is 3.15. The molecule has 1 heterocycles. The van der Waals surface area contributed by atoms with Crippen LogP contribution in [0.1, 0.15) is 5.56 Å². The first-order chi connectivity index (χ1) is 8.65. The number of rotatable bonds is 3. The third kappa shape index (κ3) is 2.44. The fourth-order valence-electron chi connectivity index (χ4n) is 1.66. The molecule has 6 heteroatoms. The monoisotopic (exact) mass is 309 g/mol. The maximum Gasteiger partial charge on any atom is 0.264 e. The number of aromatic nitrogens is 2. The predicted octanol–water partition coefficient (Wildman–Crippen LogP) is 1.67. The number of hydrogen-bond acceptors (Lipinski definition) is 4.